The zero-order valence-electron chi connectivity index (χ0n) is 11.0. The number of thioether (sulfide) groups is 1. The van der Waals surface area contributed by atoms with Gasteiger partial charge in [0.1, 0.15) is 11.0 Å². The molecule has 2 aromatic rings. The molecule has 3 nitrogen and oxygen atoms in total. The zero-order chi connectivity index (χ0) is 13.7. The third kappa shape index (κ3) is 3.41. The van der Waals surface area contributed by atoms with E-state index in [-0.39, 0.29) is 11.2 Å². The van der Waals surface area contributed by atoms with Crippen LogP contribution in [0.25, 0.3) is 0 Å². The first kappa shape index (κ1) is 13.7. The van der Waals surface area contributed by atoms with Gasteiger partial charge in [-0.25, -0.2) is 0 Å². The number of esters is 1. The molecule has 1 atom stereocenters. The predicted molar refractivity (Wildman–Crippen MR) is 75.1 cm³/mol. The van der Waals surface area contributed by atoms with Crippen molar-refractivity contribution in [2.24, 2.45) is 0 Å². The largest absolute Gasteiger partial charge is 0.468 e. The topological polar surface area (TPSA) is 39.4 Å². The molecule has 1 aromatic carbocycles. The Kier molecular flexibility index (Phi) is 4.68. The second kappa shape index (κ2) is 6.48. The number of carbonyl (C=O) groups excluding carboxylic acids is 1. The van der Waals surface area contributed by atoms with E-state index in [4.69, 9.17) is 9.15 Å². The first-order chi connectivity index (χ1) is 9.22. The molecule has 2 rings (SSSR count). The summed E-state index contributed by atoms with van der Waals surface area (Å²) in [4.78, 5) is 13.1. The van der Waals surface area contributed by atoms with Gasteiger partial charge in [-0.2, -0.15) is 0 Å². The van der Waals surface area contributed by atoms with Crippen molar-refractivity contribution in [1.82, 2.24) is 0 Å². The molecule has 0 saturated heterocycles. The highest BCUT2D eigenvalue weighted by Crippen LogP contribution is 2.38. The Morgan fingerprint density at radius 3 is 2.63 bits per heavy atom. The van der Waals surface area contributed by atoms with E-state index in [0.29, 0.717) is 6.61 Å². The van der Waals surface area contributed by atoms with Crippen LogP contribution in [0.3, 0.4) is 0 Å². The van der Waals surface area contributed by atoms with Crippen LogP contribution in [0.1, 0.15) is 23.5 Å². The molecular formula is C15H16O3S. The molecule has 0 aliphatic rings. The normalized spacial score (nSPS) is 12.1. The molecule has 4 heteroatoms. The molecule has 0 aliphatic heterocycles. The minimum Gasteiger partial charge on any atom is -0.468 e. The van der Waals surface area contributed by atoms with E-state index < -0.39 is 0 Å². The molecule has 0 fully saturated rings. The standard InChI is InChI=1S/C15H16O3S/c1-3-17-15(16)14(12-7-5-4-6-8-12)19-13-9-10-18-11(13)2/h4-10,14H,3H2,1-2H3. The van der Waals surface area contributed by atoms with Crippen LogP contribution in [0.15, 0.2) is 52.0 Å². The second-order valence-electron chi connectivity index (χ2n) is 4.00. The minimum absolute atomic E-state index is 0.223. The number of hydrogen-bond acceptors (Lipinski definition) is 4. The fraction of sp³-hybridized carbons (Fsp3) is 0.267. The molecular weight excluding hydrogens is 260 g/mol. The van der Waals surface area contributed by atoms with E-state index in [1.807, 2.05) is 50.2 Å². The minimum atomic E-state index is -0.363. The van der Waals surface area contributed by atoms with Gasteiger partial charge in [0.2, 0.25) is 0 Å². The van der Waals surface area contributed by atoms with E-state index in [0.717, 1.165) is 16.2 Å². The summed E-state index contributed by atoms with van der Waals surface area (Å²) < 4.78 is 10.4. The summed E-state index contributed by atoms with van der Waals surface area (Å²) in [5.41, 5.74) is 0.937. The first-order valence-corrected chi connectivity index (χ1v) is 7.02. The molecule has 1 unspecified atom stereocenters. The van der Waals surface area contributed by atoms with Gasteiger partial charge in [0.05, 0.1) is 12.9 Å². The Balaban J connectivity index is 2.25. The highest BCUT2D eigenvalue weighted by molar-refractivity contribution is 8.00. The van der Waals surface area contributed by atoms with Crippen molar-refractivity contribution in [3.63, 3.8) is 0 Å². The molecule has 0 saturated carbocycles. The van der Waals surface area contributed by atoms with Crippen molar-refractivity contribution in [2.75, 3.05) is 6.61 Å². The Labute approximate surface area is 117 Å². The van der Waals surface area contributed by atoms with Gasteiger partial charge in [0.25, 0.3) is 0 Å². The van der Waals surface area contributed by atoms with Crippen LogP contribution in [0.5, 0.6) is 0 Å². The number of ether oxygens (including phenoxy) is 1. The highest BCUT2D eigenvalue weighted by atomic mass is 32.2. The van der Waals surface area contributed by atoms with E-state index >= 15 is 0 Å². The van der Waals surface area contributed by atoms with E-state index in [9.17, 15) is 4.79 Å². The van der Waals surface area contributed by atoms with Crippen LogP contribution in [0, 0.1) is 6.92 Å². The van der Waals surface area contributed by atoms with Crippen LogP contribution in [0.2, 0.25) is 0 Å². The summed E-state index contributed by atoms with van der Waals surface area (Å²) in [7, 11) is 0. The fourth-order valence-corrected chi connectivity index (χ4v) is 2.78. The smallest absolute Gasteiger partial charge is 0.323 e. The van der Waals surface area contributed by atoms with Gasteiger partial charge in [-0.05, 0) is 25.5 Å². The molecule has 1 aromatic heterocycles. The Hall–Kier alpha value is -1.68. The first-order valence-electron chi connectivity index (χ1n) is 6.14. The number of rotatable bonds is 5. The molecule has 19 heavy (non-hydrogen) atoms. The molecule has 1 heterocycles. The van der Waals surface area contributed by atoms with Crippen molar-refractivity contribution in [3.8, 4) is 0 Å². The highest BCUT2D eigenvalue weighted by Gasteiger charge is 2.24. The van der Waals surface area contributed by atoms with Gasteiger partial charge in [-0.15, -0.1) is 11.8 Å². The van der Waals surface area contributed by atoms with E-state index in [2.05, 4.69) is 0 Å². The van der Waals surface area contributed by atoms with Crippen molar-refractivity contribution in [3.05, 3.63) is 54.0 Å². The lowest BCUT2D eigenvalue weighted by atomic mass is 10.1. The lowest BCUT2D eigenvalue weighted by Gasteiger charge is -2.15. The van der Waals surface area contributed by atoms with Gasteiger partial charge >= 0.3 is 5.97 Å². The Morgan fingerprint density at radius 1 is 1.32 bits per heavy atom. The maximum Gasteiger partial charge on any atom is 0.323 e. The summed E-state index contributed by atoms with van der Waals surface area (Å²) in [5, 5.41) is -0.363. The molecule has 0 bridgehead atoms. The van der Waals surface area contributed by atoms with Crippen LogP contribution < -0.4 is 0 Å². The lowest BCUT2D eigenvalue weighted by molar-refractivity contribution is -0.142. The number of hydrogen-bond donors (Lipinski definition) is 0. The maximum atomic E-state index is 12.1. The number of carbonyl (C=O) groups is 1. The third-order valence-corrected chi connectivity index (χ3v) is 4.04. The molecule has 0 amide bonds. The summed E-state index contributed by atoms with van der Waals surface area (Å²) in [6.45, 7) is 4.08. The second-order valence-corrected chi connectivity index (χ2v) is 5.15. The van der Waals surface area contributed by atoms with Crippen molar-refractivity contribution in [2.45, 2.75) is 24.0 Å². The molecule has 0 N–H and O–H groups in total. The summed E-state index contributed by atoms with van der Waals surface area (Å²) >= 11 is 1.45. The average molecular weight is 276 g/mol. The molecule has 0 spiro atoms. The van der Waals surface area contributed by atoms with Crippen molar-refractivity contribution in [1.29, 1.82) is 0 Å². The van der Waals surface area contributed by atoms with Gasteiger partial charge in [0, 0.05) is 4.90 Å². The Morgan fingerprint density at radius 2 is 2.05 bits per heavy atom. The monoisotopic (exact) mass is 276 g/mol. The third-order valence-electron chi connectivity index (χ3n) is 2.66. The SMILES string of the molecule is CCOC(=O)C(Sc1ccoc1C)c1ccccc1. The number of furan rings is 1. The number of aryl methyl sites for hydroxylation is 1. The van der Waals surface area contributed by atoms with Gasteiger partial charge in [-0.1, -0.05) is 30.3 Å². The van der Waals surface area contributed by atoms with Crippen LogP contribution in [0.4, 0.5) is 0 Å². The Bertz CT molecular complexity index is 533. The quantitative estimate of drug-likeness (QED) is 0.611. The van der Waals surface area contributed by atoms with Crippen LogP contribution >= 0.6 is 11.8 Å². The average Bonchev–Trinajstić information content (AvgIpc) is 2.82. The molecule has 100 valence electrons. The fourth-order valence-electron chi connectivity index (χ4n) is 1.72. The van der Waals surface area contributed by atoms with Gasteiger partial charge in [-0.3, -0.25) is 4.79 Å². The molecule has 0 radical (unpaired) electrons. The zero-order valence-corrected chi connectivity index (χ0v) is 11.8. The van der Waals surface area contributed by atoms with Gasteiger partial charge < -0.3 is 9.15 Å². The van der Waals surface area contributed by atoms with Gasteiger partial charge in [0.15, 0.2) is 0 Å². The van der Waals surface area contributed by atoms with E-state index in [1.165, 1.54) is 11.8 Å². The van der Waals surface area contributed by atoms with Crippen LogP contribution in [-0.4, -0.2) is 12.6 Å². The lowest BCUT2D eigenvalue weighted by Crippen LogP contribution is -2.13. The maximum absolute atomic E-state index is 12.1. The van der Waals surface area contributed by atoms with Crippen molar-refractivity contribution < 1.29 is 13.9 Å². The summed E-state index contributed by atoms with van der Waals surface area (Å²) in [5.74, 6) is 0.592. The van der Waals surface area contributed by atoms with E-state index in [1.54, 1.807) is 6.26 Å². The number of benzene rings is 1. The van der Waals surface area contributed by atoms with Crippen LogP contribution in [-0.2, 0) is 9.53 Å². The summed E-state index contributed by atoms with van der Waals surface area (Å²) in [6.07, 6.45) is 1.63. The molecule has 0 aliphatic carbocycles. The predicted octanol–water partition coefficient (Wildman–Crippen LogP) is 3.98. The van der Waals surface area contributed by atoms with Crippen molar-refractivity contribution >= 4 is 17.7 Å². The summed E-state index contributed by atoms with van der Waals surface area (Å²) in [6, 6.07) is 11.5.